The Morgan fingerprint density at radius 1 is 1.00 bits per heavy atom. The highest BCUT2D eigenvalue weighted by molar-refractivity contribution is 5.91. The number of amides is 1. The van der Waals surface area contributed by atoms with Crippen LogP contribution in [0.4, 0.5) is 4.39 Å². The summed E-state index contributed by atoms with van der Waals surface area (Å²) in [6, 6.07) is 17.2. The van der Waals surface area contributed by atoms with Gasteiger partial charge in [0.25, 0.3) is 0 Å². The summed E-state index contributed by atoms with van der Waals surface area (Å²) >= 11 is 0. The van der Waals surface area contributed by atoms with Crippen LogP contribution in [0.5, 0.6) is 0 Å². The molecule has 3 fully saturated rings. The first kappa shape index (κ1) is 19.7. The predicted molar refractivity (Wildman–Crippen MR) is 115 cm³/mol. The Kier molecular flexibility index (Phi) is 5.14. The highest BCUT2D eigenvalue weighted by Crippen LogP contribution is 2.50. The third-order valence-electron chi connectivity index (χ3n) is 7.48. The summed E-state index contributed by atoms with van der Waals surface area (Å²) in [6.45, 7) is 2.36. The molecular weight excluding hydrogens is 377 g/mol. The van der Waals surface area contributed by atoms with Gasteiger partial charge in [0.05, 0.1) is 11.0 Å². The average Bonchev–Trinajstić information content (AvgIpc) is 3.58. The van der Waals surface area contributed by atoms with Gasteiger partial charge in [0.1, 0.15) is 5.82 Å². The fraction of sp³-hybridized carbons (Fsp3) is 0.500. The topological polar surface area (TPSA) is 29.5 Å². The van der Waals surface area contributed by atoms with E-state index in [1.807, 2.05) is 30.3 Å². The molecule has 2 aromatic carbocycles. The van der Waals surface area contributed by atoms with E-state index in [0.717, 1.165) is 64.6 Å². The smallest absolute Gasteiger partial charge is 0.233 e. The van der Waals surface area contributed by atoms with E-state index >= 15 is 0 Å². The number of carbonyl (C=O) groups excluding carboxylic acids is 1. The van der Waals surface area contributed by atoms with E-state index in [-0.39, 0.29) is 16.8 Å². The van der Waals surface area contributed by atoms with Gasteiger partial charge in [0.15, 0.2) is 0 Å². The molecule has 2 aromatic rings. The Balaban J connectivity index is 1.21. The summed E-state index contributed by atoms with van der Waals surface area (Å²) in [6.07, 6.45) is 6.84. The minimum Gasteiger partial charge on any atom is -0.375 e. The van der Waals surface area contributed by atoms with E-state index < -0.39 is 0 Å². The second-order valence-electron chi connectivity index (χ2n) is 9.46. The monoisotopic (exact) mass is 407 g/mol. The van der Waals surface area contributed by atoms with Crippen molar-refractivity contribution in [2.24, 2.45) is 5.92 Å². The summed E-state index contributed by atoms with van der Waals surface area (Å²) in [4.78, 5) is 15.4. The van der Waals surface area contributed by atoms with E-state index in [0.29, 0.717) is 11.8 Å². The molecule has 1 spiro atoms. The molecule has 1 saturated carbocycles. The van der Waals surface area contributed by atoms with Crippen LogP contribution in [0.15, 0.2) is 54.6 Å². The molecule has 0 aromatic heterocycles. The minimum absolute atomic E-state index is 0.0941. The highest BCUT2D eigenvalue weighted by Gasteiger charge is 2.54. The Hall–Kier alpha value is -2.20. The number of halogens is 1. The van der Waals surface area contributed by atoms with Gasteiger partial charge in [-0.15, -0.1) is 0 Å². The van der Waals surface area contributed by atoms with Gasteiger partial charge in [-0.3, -0.25) is 4.79 Å². The van der Waals surface area contributed by atoms with Crippen LogP contribution in [-0.4, -0.2) is 36.1 Å². The van der Waals surface area contributed by atoms with Crippen LogP contribution in [0.2, 0.25) is 0 Å². The molecule has 1 atom stereocenters. The summed E-state index contributed by atoms with van der Waals surface area (Å²) in [5.74, 6) is 0.691. The maximum absolute atomic E-state index is 13.3. The lowest BCUT2D eigenvalue weighted by atomic mass is 9.77. The van der Waals surface area contributed by atoms with E-state index in [1.54, 1.807) is 12.1 Å². The Morgan fingerprint density at radius 2 is 1.70 bits per heavy atom. The van der Waals surface area contributed by atoms with Gasteiger partial charge in [-0.2, -0.15) is 0 Å². The normalized spacial score (nSPS) is 24.6. The Bertz CT molecular complexity index is 883. The maximum Gasteiger partial charge on any atom is 0.233 e. The Morgan fingerprint density at radius 3 is 2.37 bits per heavy atom. The van der Waals surface area contributed by atoms with Crippen molar-refractivity contribution in [2.45, 2.75) is 56.0 Å². The first-order valence-electron chi connectivity index (χ1n) is 11.3. The molecule has 0 radical (unpaired) electrons. The number of hydrogen-bond acceptors (Lipinski definition) is 2. The molecule has 4 heteroatoms. The van der Waals surface area contributed by atoms with Crippen molar-refractivity contribution >= 4 is 5.91 Å². The molecule has 158 valence electrons. The van der Waals surface area contributed by atoms with Crippen LogP contribution < -0.4 is 0 Å². The minimum atomic E-state index is -0.274. The molecule has 1 aliphatic carbocycles. The van der Waals surface area contributed by atoms with Gasteiger partial charge in [-0.25, -0.2) is 4.39 Å². The number of rotatable bonds is 4. The van der Waals surface area contributed by atoms with Crippen LogP contribution in [-0.2, 0) is 21.4 Å². The van der Waals surface area contributed by atoms with E-state index in [2.05, 4.69) is 17.0 Å². The standard InChI is InChI=1S/C26H30FNO2/c27-23-8-6-20(7-9-23)18-21-10-17-30-25(19-21)13-15-28(16-14-25)24(29)26(11-12-26)22-4-2-1-3-5-22/h1-9,21H,10-19H2. The molecule has 1 amide bonds. The van der Waals surface area contributed by atoms with Crippen molar-refractivity contribution in [3.8, 4) is 0 Å². The first-order chi connectivity index (χ1) is 14.6. The van der Waals surface area contributed by atoms with Gasteiger partial charge in [0, 0.05) is 19.7 Å². The van der Waals surface area contributed by atoms with Gasteiger partial charge >= 0.3 is 0 Å². The van der Waals surface area contributed by atoms with E-state index in [1.165, 1.54) is 11.1 Å². The van der Waals surface area contributed by atoms with E-state index in [4.69, 9.17) is 4.74 Å². The lowest BCUT2D eigenvalue weighted by Gasteiger charge is -2.47. The molecule has 0 bridgehead atoms. The zero-order chi connectivity index (χ0) is 20.6. The molecular formula is C26H30FNO2. The average molecular weight is 408 g/mol. The molecule has 5 rings (SSSR count). The SMILES string of the molecule is O=C(N1CCC2(CC1)CC(Cc1ccc(F)cc1)CCO2)C1(c2ccccc2)CC1. The lowest BCUT2D eigenvalue weighted by Crippen LogP contribution is -2.52. The number of hydrogen-bond donors (Lipinski definition) is 0. The molecule has 2 aliphatic heterocycles. The number of piperidine rings is 1. The quantitative estimate of drug-likeness (QED) is 0.722. The van der Waals surface area contributed by atoms with Gasteiger partial charge in [-0.1, -0.05) is 42.5 Å². The number of ether oxygens (including phenoxy) is 1. The third kappa shape index (κ3) is 3.78. The van der Waals surface area contributed by atoms with Crippen LogP contribution >= 0.6 is 0 Å². The predicted octanol–water partition coefficient (Wildman–Crippen LogP) is 4.89. The third-order valence-corrected chi connectivity index (χ3v) is 7.48. The number of nitrogens with zero attached hydrogens (tertiary/aromatic N) is 1. The van der Waals surface area contributed by atoms with Crippen LogP contribution in [0.1, 0.15) is 49.7 Å². The van der Waals surface area contributed by atoms with Crippen molar-refractivity contribution in [1.29, 1.82) is 0 Å². The molecule has 30 heavy (non-hydrogen) atoms. The van der Waals surface area contributed by atoms with Crippen molar-refractivity contribution in [3.63, 3.8) is 0 Å². The van der Waals surface area contributed by atoms with Crippen molar-refractivity contribution in [2.75, 3.05) is 19.7 Å². The summed E-state index contributed by atoms with van der Waals surface area (Å²) in [5.41, 5.74) is 2.00. The molecule has 1 unspecified atom stereocenters. The Labute approximate surface area is 178 Å². The molecule has 0 N–H and O–H groups in total. The fourth-order valence-corrected chi connectivity index (χ4v) is 5.53. The van der Waals surface area contributed by atoms with Crippen molar-refractivity contribution in [3.05, 3.63) is 71.5 Å². The summed E-state index contributed by atoms with van der Waals surface area (Å²) in [7, 11) is 0. The van der Waals surface area contributed by atoms with Crippen LogP contribution in [0.3, 0.4) is 0 Å². The van der Waals surface area contributed by atoms with E-state index in [9.17, 15) is 9.18 Å². The fourth-order valence-electron chi connectivity index (χ4n) is 5.53. The molecule has 3 nitrogen and oxygen atoms in total. The lowest BCUT2D eigenvalue weighted by molar-refractivity contribution is -0.149. The number of carbonyl (C=O) groups is 1. The largest absolute Gasteiger partial charge is 0.375 e. The summed E-state index contributed by atoms with van der Waals surface area (Å²) < 4.78 is 19.5. The van der Waals surface area contributed by atoms with Gasteiger partial charge < -0.3 is 9.64 Å². The number of likely N-dealkylation sites (tertiary alicyclic amines) is 1. The highest BCUT2D eigenvalue weighted by atomic mass is 19.1. The number of benzene rings is 2. The van der Waals surface area contributed by atoms with Gasteiger partial charge in [-0.05, 0) is 74.1 Å². The van der Waals surface area contributed by atoms with Crippen molar-refractivity contribution < 1.29 is 13.9 Å². The molecule has 2 saturated heterocycles. The second-order valence-corrected chi connectivity index (χ2v) is 9.46. The second kappa shape index (κ2) is 7.81. The summed E-state index contributed by atoms with van der Waals surface area (Å²) in [5, 5.41) is 0. The first-order valence-corrected chi connectivity index (χ1v) is 11.3. The zero-order valence-electron chi connectivity index (χ0n) is 17.5. The van der Waals surface area contributed by atoms with Crippen molar-refractivity contribution in [1.82, 2.24) is 4.90 Å². The zero-order valence-corrected chi connectivity index (χ0v) is 17.5. The van der Waals surface area contributed by atoms with Crippen LogP contribution in [0.25, 0.3) is 0 Å². The van der Waals surface area contributed by atoms with Gasteiger partial charge in [0.2, 0.25) is 5.91 Å². The molecule has 2 heterocycles. The maximum atomic E-state index is 13.3. The molecule has 3 aliphatic rings. The van der Waals surface area contributed by atoms with Crippen LogP contribution in [0, 0.1) is 11.7 Å².